The van der Waals surface area contributed by atoms with Gasteiger partial charge in [0.1, 0.15) is 6.10 Å². The van der Waals surface area contributed by atoms with Crippen molar-refractivity contribution in [2.24, 2.45) is 0 Å². The van der Waals surface area contributed by atoms with E-state index in [9.17, 15) is 4.79 Å². The van der Waals surface area contributed by atoms with Crippen LogP contribution < -0.4 is 0 Å². The maximum Gasteiger partial charge on any atom is 0.306 e. The van der Waals surface area contributed by atoms with E-state index >= 15 is 0 Å². The van der Waals surface area contributed by atoms with Gasteiger partial charge in [0.2, 0.25) is 0 Å². The van der Waals surface area contributed by atoms with Crippen LogP contribution in [0.2, 0.25) is 0 Å². The number of hydrogen-bond donors (Lipinski definition) is 0. The van der Waals surface area contributed by atoms with Crippen molar-refractivity contribution in [3.05, 3.63) is 0 Å². The van der Waals surface area contributed by atoms with Gasteiger partial charge in [-0.1, -0.05) is 78.1 Å². The fourth-order valence-electron chi connectivity index (χ4n) is 4.31. The number of carbonyl (C=O) groups excluding carboxylic acids is 1. The highest BCUT2D eigenvalue weighted by Gasteiger charge is 2.14. The molecule has 5 heteroatoms. The maximum absolute atomic E-state index is 12.4. The molecule has 0 saturated heterocycles. The zero-order chi connectivity index (χ0) is 26.5. The van der Waals surface area contributed by atoms with Crippen LogP contribution in [0.5, 0.6) is 0 Å². The SMILES string of the molecule is CCCCOCCCCCCCCC(CCCCCCCCOCCCC)OC(=O)CCCN(C)C. The lowest BCUT2D eigenvalue weighted by atomic mass is 10.0. The number of rotatable bonds is 29. The molecule has 36 heavy (non-hydrogen) atoms. The van der Waals surface area contributed by atoms with Crippen LogP contribution in [-0.4, -0.2) is 64.0 Å². The van der Waals surface area contributed by atoms with E-state index < -0.39 is 0 Å². The summed E-state index contributed by atoms with van der Waals surface area (Å²) >= 11 is 0. The third kappa shape index (κ3) is 27.9. The molecule has 0 amide bonds. The van der Waals surface area contributed by atoms with Gasteiger partial charge in [0.05, 0.1) is 0 Å². The van der Waals surface area contributed by atoms with E-state index in [1.165, 1.54) is 103 Å². The monoisotopic (exact) mass is 513 g/mol. The fourth-order valence-corrected chi connectivity index (χ4v) is 4.31. The highest BCUT2D eigenvalue weighted by Crippen LogP contribution is 2.18. The Labute approximate surface area is 225 Å². The molecule has 0 fully saturated rings. The first-order valence-electron chi connectivity index (χ1n) is 15.6. The second kappa shape index (κ2) is 28.9. The van der Waals surface area contributed by atoms with Crippen molar-refractivity contribution in [1.82, 2.24) is 4.90 Å². The Morgan fingerprint density at radius 2 is 1.00 bits per heavy atom. The average Bonchev–Trinajstić information content (AvgIpc) is 2.85. The summed E-state index contributed by atoms with van der Waals surface area (Å²) in [5, 5.41) is 0. The molecule has 0 aliphatic carbocycles. The lowest BCUT2D eigenvalue weighted by Crippen LogP contribution is -2.20. The van der Waals surface area contributed by atoms with E-state index in [1.807, 2.05) is 14.1 Å². The van der Waals surface area contributed by atoms with Crippen molar-refractivity contribution in [3.63, 3.8) is 0 Å². The van der Waals surface area contributed by atoms with Crippen LogP contribution in [0.25, 0.3) is 0 Å². The first kappa shape index (κ1) is 35.4. The molecular formula is C31H63NO4. The molecule has 0 radical (unpaired) electrons. The standard InChI is InChI=1S/C31H63NO4/c1-5-7-26-34-28-19-15-11-9-13-17-22-30(36-31(33)24-21-25-32(3)4)23-18-14-10-12-16-20-29-35-27-8-6-2/h30H,5-29H2,1-4H3. The molecule has 216 valence electrons. The third-order valence-electron chi connectivity index (χ3n) is 6.70. The van der Waals surface area contributed by atoms with E-state index in [4.69, 9.17) is 14.2 Å². The van der Waals surface area contributed by atoms with Crippen molar-refractivity contribution < 1.29 is 19.0 Å². The molecule has 0 atom stereocenters. The predicted octanol–water partition coefficient (Wildman–Crippen LogP) is 8.33. The second-order valence-electron chi connectivity index (χ2n) is 10.8. The van der Waals surface area contributed by atoms with Gasteiger partial charge in [-0.05, 0) is 78.4 Å². The third-order valence-corrected chi connectivity index (χ3v) is 6.70. The smallest absolute Gasteiger partial charge is 0.306 e. The molecule has 0 aliphatic rings. The Hall–Kier alpha value is -0.650. The summed E-state index contributed by atoms with van der Waals surface area (Å²) in [6, 6.07) is 0. The number of carbonyl (C=O) groups is 1. The number of unbranched alkanes of at least 4 members (excludes halogenated alkanes) is 12. The molecule has 0 aromatic carbocycles. The molecule has 5 nitrogen and oxygen atoms in total. The van der Waals surface area contributed by atoms with Crippen LogP contribution in [-0.2, 0) is 19.0 Å². The van der Waals surface area contributed by atoms with Crippen molar-refractivity contribution in [2.45, 2.75) is 148 Å². The molecule has 0 spiro atoms. The topological polar surface area (TPSA) is 48.0 Å². The molecule has 0 aromatic heterocycles. The van der Waals surface area contributed by atoms with Crippen molar-refractivity contribution in [2.75, 3.05) is 47.1 Å². The molecule has 0 rings (SSSR count). The van der Waals surface area contributed by atoms with Gasteiger partial charge in [-0.15, -0.1) is 0 Å². The Kier molecular flexibility index (Phi) is 28.4. The van der Waals surface area contributed by atoms with Gasteiger partial charge in [-0.2, -0.15) is 0 Å². The van der Waals surface area contributed by atoms with Crippen LogP contribution in [0.1, 0.15) is 142 Å². The second-order valence-corrected chi connectivity index (χ2v) is 10.8. The summed E-state index contributed by atoms with van der Waals surface area (Å²) < 4.78 is 17.2. The van der Waals surface area contributed by atoms with E-state index in [-0.39, 0.29) is 12.1 Å². The average molecular weight is 514 g/mol. The molecule has 0 aromatic rings. The minimum atomic E-state index is -0.00649. The fraction of sp³-hybridized carbons (Fsp3) is 0.968. The Morgan fingerprint density at radius 1 is 0.583 bits per heavy atom. The summed E-state index contributed by atoms with van der Waals surface area (Å²) in [4.78, 5) is 14.5. The largest absolute Gasteiger partial charge is 0.462 e. The zero-order valence-electron chi connectivity index (χ0n) is 24.8. The van der Waals surface area contributed by atoms with Gasteiger partial charge in [0, 0.05) is 32.8 Å². The summed E-state index contributed by atoms with van der Waals surface area (Å²) in [7, 11) is 4.10. The normalized spacial score (nSPS) is 11.6. The zero-order valence-corrected chi connectivity index (χ0v) is 24.8. The lowest BCUT2D eigenvalue weighted by molar-refractivity contribution is -0.150. The Morgan fingerprint density at radius 3 is 1.44 bits per heavy atom. The number of nitrogens with zero attached hydrogens (tertiary/aromatic N) is 1. The van der Waals surface area contributed by atoms with E-state index in [0.29, 0.717) is 6.42 Å². The van der Waals surface area contributed by atoms with Crippen LogP contribution in [0.3, 0.4) is 0 Å². The van der Waals surface area contributed by atoms with Crippen LogP contribution in [0.4, 0.5) is 0 Å². The molecule has 0 unspecified atom stereocenters. The van der Waals surface area contributed by atoms with Crippen molar-refractivity contribution in [1.29, 1.82) is 0 Å². The van der Waals surface area contributed by atoms with Crippen molar-refractivity contribution >= 4 is 5.97 Å². The van der Waals surface area contributed by atoms with E-state index in [0.717, 1.165) is 52.2 Å². The minimum Gasteiger partial charge on any atom is -0.462 e. The van der Waals surface area contributed by atoms with Gasteiger partial charge in [0.25, 0.3) is 0 Å². The molecule has 0 heterocycles. The van der Waals surface area contributed by atoms with Crippen LogP contribution in [0.15, 0.2) is 0 Å². The quantitative estimate of drug-likeness (QED) is 0.0743. The molecule has 0 aliphatic heterocycles. The highest BCUT2D eigenvalue weighted by atomic mass is 16.5. The van der Waals surface area contributed by atoms with Gasteiger partial charge >= 0.3 is 5.97 Å². The van der Waals surface area contributed by atoms with E-state index in [2.05, 4.69) is 18.7 Å². The minimum absolute atomic E-state index is 0.00649. The molecule has 0 bridgehead atoms. The lowest BCUT2D eigenvalue weighted by Gasteiger charge is -2.18. The summed E-state index contributed by atoms with van der Waals surface area (Å²) in [5.41, 5.74) is 0. The van der Waals surface area contributed by atoms with Crippen molar-refractivity contribution in [3.8, 4) is 0 Å². The maximum atomic E-state index is 12.4. The summed E-state index contributed by atoms with van der Waals surface area (Å²) in [6.45, 7) is 9.01. The number of hydrogen-bond acceptors (Lipinski definition) is 5. The van der Waals surface area contributed by atoms with Gasteiger partial charge in [-0.3, -0.25) is 4.79 Å². The highest BCUT2D eigenvalue weighted by molar-refractivity contribution is 5.69. The molecule has 0 saturated carbocycles. The molecular weight excluding hydrogens is 450 g/mol. The predicted molar refractivity (Wildman–Crippen MR) is 154 cm³/mol. The van der Waals surface area contributed by atoms with Gasteiger partial charge in [0.15, 0.2) is 0 Å². The Bertz CT molecular complexity index is 418. The van der Waals surface area contributed by atoms with Crippen LogP contribution in [0, 0.1) is 0 Å². The van der Waals surface area contributed by atoms with Gasteiger partial charge in [-0.25, -0.2) is 0 Å². The number of esters is 1. The summed E-state index contributed by atoms with van der Waals surface area (Å²) in [5.74, 6) is -0.00649. The number of ether oxygens (including phenoxy) is 3. The first-order valence-corrected chi connectivity index (χ1v) is 15.6. The molecule has 0 N–H and O–H groups in total. The van der Waals surface area contributed by atoms with E-state index in [1.54, 1.807) is 0 Å². The van der Waals surface area contributed by atoms with Gasteiger partial charge < -0.3 is 19.1 Å². The Balaban J connectivity index is 3.96. The first-order chi connectivity index (χ1) is 17.6. The van der Waals surface area contributed by atoms with Crippen LogP contribution >= 0.6 is 0 Å². The summed E-state index contributed by atoms with van der Waals surface area (Å²) in [6.07, 6.45) is 23.2.